The van der Waals surface area contributed by atoms with E-state index in [9.17, 15) is 4.79 Å². The van der Waals surface area contributed by atoms with E-state index >= 15 is 0 Å². The molecular formula is C26H32N2O3. The van der Waals surface area contributed by atoms with Crippen molar-refractivity contribution in [3.8, 4) is 5.75 Å². The number of carbonyl (C=O) groups is 1. The number of hydrogen-bond acceptors (Lipinski definition) is 4. The van der Waals surface area contributed by atoms with E-state index < -0.39 is 5.60 Å². The third-order valence-corrected chi connectivity index (χ3v) is 7.10. The van der Waals surface area contributed by atoms with Crippen LogP contribution in [0.15, 0.2) is 54.6 Å². The van der Waals surface area contributed by atoms with Crippen molar-refractivity contribution in [3.05, 3.63) is 65.7 Å². The van der Waals surface area contributed by atoms with Crippen LogP contribution in [0.2, 0.25) is 0 Å². The Balaban J connectivity index is 1.21. The number of methoxy groups -OCH3 is 1. The molecule has 5 nitrogen and oxygen atoms in total. The highest BCUT2D eigenvalue weighted by molar-refractivity contribution is 5.89. The van der Waals surface area contributed by atoms with Gasteiger partial charge in [0.2, 0.25) is 0 Å². The standard InChI is InChI=1S/C26H32N2O3/c1-30-23-9-7-21(8-10-23)18-28-19-24(31-26(13-14-26)25(28)29)22-11-15-27(16-12-22)17-20-5-3-2-4-6-20/h2-10,22,24H,11-19H2,1H3. The molecule has 0 aromatic heterocycles. The lowest BCUT2D eigenvalue weighted by molar-refractivity contribution is -0.175. The Kier molecular flexibility index (Phi) is 5.72. The molecule has 1 aliphatic carbocycles. The molecule has 2 aliphatic heterocycles. The monoisotopic (exact) mass is 420 g/mol. The average Bonchev–Trinajstić information content (AvgIpc) is 3.59. The number of amides is 1. The first kappa shape index (κ1) is 20.5. The second-order valence-corrected chi connectivity index (χ2v) is 9.28. The molecule has 164 valence electrons. The van der Waals surface area contributed by atoms with Gasteiger partial charge in [0, 0.05) is 19.6 Å². The Labute approximate surface area is 184 Å². The van der Waals surface area contributed by atoms with E-state index in [-0.39, 0.29) is 12.0 Å². The fraction of sp³-hybridized carbons (Fsp3) is 0.500. The molecule has 5 heteroatoms. The van der Waals surface area contributed by atoms with Crippen LogP contribution in [0.1, 0.15) is 36.8 Å². The molecule has 0 radical (unpaired) electrons. The first-order chi connectivity index (χ1) is 15.1. The second kappa shape index (κ2) is 8.64. The number of carbonyl (C=O) groups excluding carboxylic acids is 1. The first-order valence-corrected chi connectivity index (χ1v) is 11.5. The summed E-state index contributed by atoms with van der Waals surface area (Å²) in [6, 6.07) is 18.7. The van der Waals surface area contributed by atoms with Crippen LogP contribution >= 0.6 is 0 Å². The highest BCUT2D eigenvalue weighted by Gasteiger charge is 2.58. The fourth-order valence-corrected chi connectivity index (χ4v) is 5.07. The highest BCUT2D eigenvalue weighted by Crippen LogP contribution is 2.47. The number of rotatable bonds is 6. The molecule has 3 fully saturated rings. The summed E-state index contributed by atoms with van der Waals surface area (Å²) in [6.45, 7) is 4.57. The van der Waals surface area contributed by atoms with Crippen LogP contribution < -0.4 is 4.74 Å². The Morgan fingerprint density at radius 3 is 2.29 bits per heavy atom. The number of ether oxygens (including phenoxy) is 2. The Morgan fingerprint density at radius 2 is 1.65 bits per heavy atom. The fourth-order valence-electron chi connectivity index (χ4n) is 5.07. The van der Waals surface area contributed by atoms with Gasteiger partial charge in [-0.05, 0) is 68.0 Å². The van der Waals surface area contributed by atoms with Gasteiger partial charge in [0.05, 0.1) is 13.2 Å². The maximum atomic E-state index is 13.1. The molecule has 2 saturated heterocycles. The average molecular weight is 421 g/mol. The van der Waals surface area contributed by atoms with E-state index in [0.717, 1.165) is 56.6 Å². The van der Waals surface area contributed by atoms with Gasteiger partial charge in [-0.25, -0.2) is 0 Å². The predicted octanol–water partition coefficient (Wildman–Crippen LogP) is 3.87. The lowest BCUT2D eigenvalue weighted by atomic mass is 9.89. The van der Waals surface area contributed by atoms with E-state index in [0.29, 0.717) is 19.0 Å². The van der Waals surface area contributed by atoms with E-state index in [2.05, 4.69) is 47.4 Å². The van der Waals surface area contributed by atoms with Crippen molar-refractivity contribution in [3.63, 3.8) is 0 Å². The summed E-state index contributed by atoms with van der Waals surface area (Å²) < 4.78 is 11.7. The molecular weight excluding hydrogens is 388 g/mol. The molecule has 1 spiro atoms. The van der Waals surface area contributed by atoms with Crippen molar-refractivity contribution in [1.29, 1.82) is 0 Å². The van der Waals surface area contributed by atoms with E-state index in [1.165, 1.54) is 5.56 Å². The van der Waals surface area contributed by atoms with E-state index in [1.54, 1.807) is 7.11 Å². The summed E-state index contributed by atoms with van der Waals surface area (Å²) in [6.07, 6.45) is 4.16. The number of piperidine rings is 1. The molecule has 31 heavy (non-hydrogen) atoms. The minimum absolute atomic E-state index is 0.150. The van der Waals surface area contributed by atoms with Crippen molar-refractivity contribution in [2.75, 3.05) is 26.7 Å². The molecule has 1 atom stereocenters. The van der Waals surface area contributed by atoms with Crippen LogP contribution in [-0.2, 0) is 22.6 Å². The largest absolute Gasteiger partial charge is 0.497 e. The lowest BCUT2D eigenvalue weighted by Crippen LogP contribution is -2.56. The van der Waals surface area contributed by atoms with Gasteiger partial charge in [-0.1, -0.05) is 42.5 Å². The summed E-state index contributed by atoms with van der Waals surface area (Å²) in [7, 11) is 1.67. The minimum atomic E-state index is -0.531. The van der Waals surface area contributed by atoms with Gasteiger partial charge >= 0.3 is 0 Å². The summed E-state index contributed by atoms with van der Waals surface area (Å²) >= 11 is 0. The lowest BCUT2D eigenvalue weighted by Gasteiger charge is -2.43. The van der Waals surface area contributed by atoms with Crippen molar-refractivity contribution in [1.82, 2.24) is 9.80 Å². The van der Waals surface area contributed by atoms with Crippen LogP contribution in [0.5, 0.6) is 5.75 Å². The smallest absolute Gasteiger partial charge is 0.255 e. The second-order valence-electron chi connectivity index (χ2n) is 9.28. The number of morpholine rings is 1. The molecule has 1 unspecified atom stereocenters. The molecule has 3 aliphatic rings. The number of hydrogen-bond donors (Lipinski definition) is 0. The van der Waals surface area contributed by atoms with Crippen LogP contribution in [0.25, 0.3) is 0 Å². The number of nitrogens with zero attached hydrogens (tertiary/aromatic N) is 2. The van der Waals surface area contributed by atoms with E-state index in [4.69, 9.17) is 9.47 Å². The summed E-state index contributed by atoms with van der Waals surface area (Å²) in [5.41, 5.74) is 1.99. The van der Waals surface area contributed by atoms with Gasteiger partial charge in [-0.2, -0.15) is 0 Å². The number of likely N-dealkylation sites (tertiary alicyclic amines) is 1. The molecule has 0 N–H and O–H groups in total. The third-order valence-electron chi connectivity index (χ3n) is 7.10. The van der Waals surface area contributed by atoms with Gasteiger partial charge < -0.3 is 14.4 Å². The molecule has 2 aromatic rings. The van der Waals surface area contributed by atoms with Gasteiger partial charge in [0.15, 0.2) is 0 Å². The summed E-state index contributed by atoms with van der Waals surface area (Å²) in [4.78, 5) is 17.7. The highest BCUT2D eigenvalue weighted by atomic mass is 16.5. The van der Waals surface area contributed by atoms with Crippen molar-refractivity contribution < 1.29 is 14.3 Å². The molecule has 1 saturated carbocycles. The number of benzene rings is 2. The van der Waals surface area contributed by atoms with Crippen LogP contribution in [0, 0.1) is 5.92 Å². The van der Waals surface area contributed by atoms with Crippen molar-refractivity contribution >= 4 is 5.91 Å². The Morgan fingerprint density at radius 1 is 0.968 bits per heavy atom. The zero-order valence-electron chi connectivity index (χ0n) is 18.3. The Bertz CT molecular complexity index is 887. The van der Waals surface area contributed by atoms with Gasteiger partial charge in [0.1, 0.15) is 11.4 Å². The molecule has 2 aromatic carbocycles. The normalized spacial score (nSPS) is 23.8. The Hall–Kier alpha value is -2.37. The first-order valence-electron chi connectivity index (χ1n) is 11.5. The van der Waals surface area contributed by atoms with Gasteiger partial charge in [-0.3, -0.25) is 9.69 Å². The third kappa shape index (κ3) is 4.48. The maximum Gasteiger partial charge on any atom is 0.255 e. The summed E-state index contributed by atoms with van der Waals surface area (Å²) in [5.74, 6) is 1.55. The van der Waals surface area contributed by atoms with Gasteiger partial charge in [-0.15, -0.1) is 0 Å². The SMILES string of the molecule is COc1ccc(CN2CC(C3CCN(Cc4ccccc4)CC3)OC3(CC3)C2=O)cc1. The van der Waals surface area contributed by atoms with Crippen LogP contribution in [0.3, 0.4) is 0 Å². The summed E-state index contributed by atoms with van der Waals surface area (Å²) in [5, 5.41) is 0. The maximum absolute atomic E-state index is 13.1. The molecule has 1 amide bonds. The zero-order chi connectivity index (χ0) is 21.3. The predicted molar refractivity (Wildman–Crippen MR) is 120 cm³/mol. The van der Waals surface area contributed by atoms with Crippen LogP contribution in [-0.4, -0.2) is 54.2 Å². The zero-order valence-corrected chi connectivity index (χ0v) is 18.3. The molecule has 0 bridgehead atoms. The van der Waals surface area contributed by atoms with E-state index in [1.807, 2.05) is 17.0 Å². The molecule has 2 heterocycles. The quantitative estimate of drug-likeness (QED) is 0.712. The topological polar surface area (TPSA) is 42.0 Å². The minimum Gasteiger partial charge on any atom is -0.497 e. The van der Waals surface area contributed by atoms with Crippen molar-refractivity contribution in [2.24, 2.45) is 5.92 Å². The van der Waals surface area contributed by atoms with Gasteiger partial charge in [0.25, 0.3) is 5.91 Å². The molecule has 5 rings (SSSR count). The van der Waals surface area contributed by atoms with Crippen molar-refractivity contribution in [2.45, 2.75) is 50.5 Å². The van der Waals surface area contributed by atoms with Crippen LogP contribution in [0.4, 0.5) is 0 Å².